The second-order valence-electron chi connectivity index (χ2n) is 6.60. The first-order valence-electron chi connectivity index (χ1n) is 9.94. The molecule has 29 heavy (non-hydrogen) atoms. The van der Waals surface area contributed by atoms with E-state index < -0.39 is 0 Å². The molecule has 0 radical (unpaired) electrons. The van der Waals surface area contributed by atoms with Crippen molar-refractivity contribution >= 4 is 18.0 Å². The Labute approximate surface area is 181 Å². The molecule has 0 fully saturated rings. The average Bonchev–Trinajstić information content (AvgIpc) is 2.74. The van der Waals surface area contributed by atoms with Crippen LogP contribution in [0.3, 0.4) is 0 Å². The number of carbonyl (C=O) groups excluding carboxylic acids is 1. The zero-order valence-corrected chi connectivity index (χ0v) is 18.8. The summed E-state index contributed by atoms with van der Waals surface area (Å²) in [6.45, 7) is 8.45. The third kappa shape index (κ3) is 13.6. The first kappa shape index (κ1) is 26.8. The zero-order valence-electron chi connectivity index (χ0n) is 18.0. The van der Waals surface area contributed by atoms with Crippen molar-refractivity contribution in [1.82, 2.24) is 16.0 Å². The Hall–Kier alpha value is -2.20. The van der Waals surface area contributed by atoms with E-state index in [2.05, 4.69) is 54.8 Å². The predicted molar refractivity (Wildman–Crippen MR) is 126 cm³/mol. The van der Waals surface area contributed by atoms with Gasteiger partial charge in [-0.25, -0.2) is 4.79 Å². The van der Waals surface area contributed by atoms with Crippen LogP contribution in [0.15, 0.2) is 52.6 Å². The van der Waals surface area contributed by atoms with Gasteiger partial charge in [0.15, 0.2) is 0 Å². The molecule has 0 aromatic heterocycles. The molecule has 5 N–H and O–H groups in total. The van der Waals surface area contributed by atoms with Gasteiger partial charge >= 0.3 is 6.03 Å². The molecule has 0 saturated carbocycles. The molecule has 0 atom stereocenters. The van der Waals surface area contributed by atoms with Gasteiger partial charge in [-0.2, -0.15) is 0 Å². The molecule has 0 spiro atoms. The number of nitrogens with two attached hydrogens (primary N) is 1. The maximum Gasteiger partial charge on any atom is 0.318 e. The summed E-state index contributed by atoms with van der Waals surface area (Å²) >= 11 is 1.27. The van der Waals surface area contributed by atoms with E-state index >= 15 is 0 Å². The van der Waals surface area contributed by atoms with Gasteiger partial charge < -0.3 is 16.0 Å². The molecule has 2 amide bonds. The molecular weight excluding hydrogens is 380 g/mol. The van der Waals surface area contributed by atoms with E-state index in [-0.39, 0.29) is 6.03 Å². The molecule has 0 bridgehead atoms. The van der Waals surface area contributed by atoms with E-state index in [0.29, 0.717) is 6.54 Å². The Morgan fingerprint density at radius 3 is 2.55 bits per heavy atom. The van der Waals surface area contributed by atoms with E-state index in [0.717, 1.165) is 36.5 Å². The molecule has 0 heterocycles. The average molecular weight is 417 g/mol. The number of hydrogen-bond donors (Lipinski definition) is 4. The van der Waals surface area contributed by atoms with Crippen LogP contribution in [0, 0.1) is 12.8 Å². The highest BCUT2D eigenvalue weighted by Crippen LogP contribution is 2.17. The normalized spacial score (nSPS) is 11.4. The smallest absolute Gasteiger partial charge is 0.318 e. The van der Waals surface area contributed by atoms with E-state index in [4.69, 9.17) is 5.14 Å². The third-order valence-corrected chi connectivity index (χ3v) is 4.74. The zero-order chi connectivity index (χ0) is 21.9. The standard InChI is InChI=1S/C21H34N4OS.C2H2/c1-4-5-9-17(2)12-13-18(3)25-21(26)24-15-8-14-23-16-19-10-6-7-11-20(19)27-22;1-2/h6-7,10-13,23H,4-5,8-9,14-16,22H2,1-3H3,(H2,24,25,26);1-2H/b17-12+,18-13+;. The van der Waals surface area contributed by atoms with Crippen molar-refractivity contribution in [3.05, 3.63) is 53.3 Å². The van der Waals surface area contributed by atoms with Gasteiger partial charge in [0.1, 0.15) is 0 Å². The van der Waals surface area contributed by atoms with Crippen molar-refractivity contribution in [2.45, 2.75) is 57.9 Å². The number of terminal acetylenes is 1. The number of hydrogen-bond acceptors (Lipinski definition) is 4. The Morgan fingerprint density at radius 1 is 1.14 bits per heavy atom. The topological polar surface area (TPSA) is 79.2 Å². The van der Waals surface area contributed by atoms with Crippen LogP contribution in [0.2, 0.25) is 0 Å². The highest BCUT2D eigenvalue weighted by atomic mass is 32.2. The number of allylic oxidation sites excluding steroid dienone is 4. The second-order valence-corrected chi connectivity index (χ2v) is 7.28. The highest BCUT2D eigenvalue weighted by molar-refractivity contribution is 7.97. The van der Waals surface area contributed by atoms with Crippen molar-refractivity contribution in [2.24, 2.45) is 5.14 Å². The van der Waals surface area contributed by atoms with Crippen molar-refractivity contribution < 1.29 is 4.79 Å². The van der Waals surface area contributed by atoms with Gasteiger partial charge in [0.05, 0.1) is 0 Å². The fourth-order valence-electron chi connectivity index (χ4n) is 2.47. The van der Waals surface area contributed by atoms with Crippen LogP contribution in [0.5, 0.6) is 0 Å². The van der Waals surface area contributed by atoms with Gasteiger partial charge in [-0.15, -0.1) is 12.8 Å². The maximum atomic E-state index is 11.9. The van der Waals surface area contributed by atoms with E-state index in [1.54, 1.807) is 0 Å². The summed E-state index contributed by atoms with van der Waals surface area (Å²) in [5.74, 6) is 0. The molecule has 0 unspecified atom stereocenters. The van der Waals surface area contributed by atoms with Crippen molar-refractivity contribution in [3.63, 3.8) is 0 Å². The number of rotatable bonds is 12. The Balaban J connectivity index is 0.00000379. The predicted octanol–water partition coefficient (Wildman–Crippen LogP) is 4.72. The maximum absolute atomic E-state index is 11.9. The summed E-state index contributed by atoms with van der Waals surface area (Å²) in [4.78, 5) is 13.0. The summed E-state index contributed by atoms with van der Waals surface area (Å²) in [5.41, 5.74) is 3.37. The molecule has 0 aliphatic heterocycles. The number of benzene rings is 1. The Bertz CT molecular complexity index is 668. The molecule has 0 aliphatic carbocycles. The summed E-state index contributed by atoms with van der Waals surface area (Å²) in [7, 11) is 0. The number of unbranched alkanes of at least 4 members (excludes halogenated alkanes) is 1. The van der Waals surface area contributed by atoms with Crippen molar-refractivity contribution in [1.29, 1.82) is 0 Å². The quantitative estimate of drug-likeness (QED) is 0.172. The lowest BCUT2D eigenvalue weighted by atomic mass is 10.1. The number of amides is 2. The van der Waals surface area contributed by atoms with Crippen LogP contribution in [-0.4, -0.2) is 19.1 Å². The summed E-state index contributed by atoms with van der Waals surface area (Å²) in [6, 6.07) is 7.93. The molecule has 1 aromatic rings. The van der Waals surface area contributed by atoms with E-state index in [1.807, 2.05) is 31.2 Å². The molecule has 0 saturated heterocycles. The lowest BCUT2D eigenvalue weighted by Gasteiger charge is -2.10. The van der Waals surface area contributed by atoms with E-state index in [1.165, 1.54) is 35.9 Å². The van der Waals surface area contributed by atoms with Crippen LogP contribution in [-0.2, 0) is 6.54 Å². The Morgan fingerprint density at radius 2 is 1.86 bits per heavy atom. The molecule has 5 nitrogen and oxygen atoms in total. The van der Waals surface area contributed by atoms with Gasteiger partial charge in [-0.05, 0) is 69.3 Å². The van der Waals surface area contributed by atoms with Crippen LogP contribution < -0.4 is 21.1 Å². The largest absolute Gasteiger partial charge is 0.338 e. The second kappa shape index (κ2) is 17.9. The summed E-state index contributed by atoms with van der Waals surface area (Å²) in [6.07, 6.45) is 16.4. The summed E-state index contributed by atoms with van der Waals surface area (Å²) in [5, 5.41) is 14.8. The molecular formula is C23H36N4OS. The minimum absolute atomic E-state index is 0.159. The number of carbonyl (C=O) groups is 1. The lowest BCUT2D eigenvalue weighted by molar-refractivity contribution is 0.243. The fourth-order valence-corrected chi connectivity index (χ4v) is 2.92. The van der Waals surface area contributed by atoms with Crippen LogP contribution in [0.4, 0.5) is 4.79 Å². The van der Waals surface area contributed by atoms with E-state index in [9.17, 15) is 4.79 Å². The van der Waals surface area contributed by atoms with Crippen LogP contribution in [0.25, 0.3) is 0 Å². The van der Waals surface area contributed by atoms with Crippen molar-refractivity contribution in [3.8, 4) is 12.8 Å². The van der Waals surface area contributed by atoms with Crippen LogP contribution in [0.1, 0.15) is 52.0 Å². The Kier molecular flexibility index (Phi) is 16.5. The minimum atomic E-state index is -0.159. The molecule has 6 heteroatoms. The highest BCUT2D eigenvalue weighted by Gasteiger charge is 2.01. The minimum Gasteiger partial charge on any atom is -0.338 e. The van der Waals surface area contributed by atoms with Gasteiger partial charge in [0, 0.05) is 23.7 Å². The summed E-state index contributed by atoms with van der Waals surface area (Å²) < 4.78 is 0. The first-order chi connectivity index (χ1) is 14.1. The molecule has 1 aromatic carbocycles. The first-order valence-corrected chi connectivity index (χ1v) is 10.8. The van der Waals surface area contributed by atoms with Gasteiger partial charge in [-0.3, -0.25) is 5.14 Å². The van der Waals surface area contributed by atoms with Gasteiger partial charge in [0.2, 0.25) is 0 Å². The lowest BCUT2D eigenvalue weighted by Crippen LogP contribution is -2.35. The van der Waals surface area contributed by atoms with Crippen molar-refractivity contribution in [2.75, 3.05) is 13.1 Å². The number of urea groups is 1. The third-order valence-electron chi connectivity index (χ3n) is 4.08. The molecule has 0 aliphatic rings. The fraction of sp³-hybridized carbons (Fsp3) is 0.435. The number of nitrogens with one attached hydrogen (secondary N) is 3. The monoisotopic (exact) mass is 416 g/mol. The van der Waals surface area contributed by atoms with Gasteiger partial charge in [0.25, 0.3) is 0 Å². The molecule has 160 valence electrons. The van der Waals surface area contributed by atoms with Crippen LogP contribution >= 0.6 is 11.9 Å². The van der Waals surface area contributed by atoms with Gasteiger partial charge in [-0.1, -0.05) is 43.2 Å². The SMILES string of the molecule is C#C.CCCC/C(C)=C/C=C(\C)NC(=O)NCCCNCc1ccccc1SN. The molecule has 1 rings (SSSR count).